The zero-order valence-corrected chi connectivity index (χ0v) is 21.2. The third-order valence-electron chi connectivity index (χ3n) is 2.73. The summed E-state index contributed by atoms with van der Waals surface area (Å²) in [6, 6.07) is 13.1. The molecular formula is C18H24Cl4Ru2+4. The molecule has 0 fully saturated rings. The first-order valence-corrected chi connectivity index (χ1v) is 16.0. The van der Waals surface area contributed by atoms with E-state index in [2.05, 4.69) is 77.9 Å². The second kappa shape index (κ2) is 17.3. The van der Waals surface area contributed by atoms with Gasteiger partial charge in [-0.25, -0.2) is 0 Å². The fourth-order valence-electron chi connectivity index (χ4n) is 2.40. The molecule has 2 rings (SSSR count). The van der Waals surface area contributed by atoms with Crippen LogP contribution in [0.5, 0.6) is 0 Å². The first-order valence-electron chi connectivity index (χ1n) is 7.00. The molecule has 0 saturated heterocycles. The number of halogens is 4. The van der Waals surface area contributed by atoms with E-state index in [-0.39, 0.29) is 30.3 Å². The summed E-state index contributed by atoms with van der Waals surface area (Å²) >= 11 is -0.691. The van der Waals surface area contributed by atoms with E-state index in [0.717, 1.165) is 0 Å². The van der Waals surface area contributed by atoms with Gasteiger partial charge in [-0.05, 0) is 41.5 Å². The average molecular weight is 584 g/mol. The first kappa shape index (κ1) is 27.1. The van der Waals surface area contributed by atoms with Crippen molar-refractivity contribution in [1.29, 1.82) is 0 Å². The van der Waals surface area contributed by atoms with Gasteiger partial charge in [-0.1, -0.05) is 69.8 Å². The van der Waals surface area contributed by atoms with Crippen molar-refractivity contribution in [2.75, 3.05) is 0 Å². The van der Waals surface area contributed by atoms with Crippen molar-refractivity contribution in [2.45, 2.75) is 41.5 Å². The van der Waals surface area contributed by atoms with Gasteiger partial charge in [0.05, 0.1) is 0 Å². The van der Waals surface area contributed by atoms with Gasteiger partial charge in [-0.2, -0.15) is 0 Å². The van der Waals surface area contributed by atoms with Crippen LogP contribution in [0.25, 0.3) is 0 Å². The molecule has 136 valence electrons. The van der Waals surface area contributed by atoms with Gasteiger partial charge in [-0.15, -0.1) is 0 Å². The van der Waals surface area contributed by atoms with E-state index in [1.54, 1.807) is 0 Å². The van der Waals surface area contributed by atoms with Crippen LogP contribution in [0.1, 0.15) is 33.4 Å². The average Bonchev–Trinajstić information content (AvgIpc) is 2.37. The second-order valence-electron chi connectivity index (χ2n) is 5.43. The molecule has 2 aromatic rings. The number of benzene rings is 2. The topological polar surface area (TPSA) is 0 Å². The Morgan fingerprint density at radius 2 is 0.500 bits per heavy atom. The number of hydrogen-bond donors (Lipinski definition) is 0. The van der Waals surface area contributed by atoms with E-state index in [0.29, 0.717) is 0 Å². The van der Waals surface area contributed by atoms with Gasteiger partial charge in [0.15, 0.2) is 0 Å². The molecular weight excluding hydrogens is 560 g/mol. The van der Waals surface area contributed by atoms with Crippen LogP contribution >= 0.6 is 38.8 Å². The Morgan fingerprint density at radius 1 is 0.417 bits per heavy atom. The van der Waals surface area contributed by atoms with Gasteiger partial charge >= 0.3 is 69.1 Å². The van der Waals surface area contributed by atoms with Crippen LogP contribution in [-0.2, 0) is 30.3 Å². The third kappa shape index (κ3) is 17.7. The van der Waals surface area contributed by atoms with Crippen LogP contribution in [0, 0.1) is 41.5 Å². The van der Waals surface area contributed by atoms with E-state index >= 15 is 0 Å². The first-order chi connectivity index (χ1) is 11.2. The normalized spacial score (nSPS) is 8.75. The summed E-state index contributed by atoms with van der Waals surface area (Å²) in [7, 11) is 19.4. The number of hydrogen-bond acceptors (Lipinski definition) is 0. The predicted octanol–water partition coefficient (Wildman–Crippen LogP) is 7.98. The van der Waals surface area contributed by atoms with Gasteiger partial charge in [0.2, 0.25) is 0 Å². The molecule has 6 heteroatoms. The molecule has 24 heavy (non-hydrogen) atoms. The van der Waals surface area contributed by atoms with E-state index in [4.69, 9.17) is 38.8 Å². The van der Waals surface area contributed by atoms with E-state index in [1.165, 1.54) is 33.4 Å². The van der Waals surface area contributed by atoms with Crippen molar-refractivity contribution in [3.8, 4) is 0 Å². The summed E-state index contributed by atoms with van der Waals surface area (Å²) in [6.07, 6.45) is 0. The summed E-state index contributed by atoms with van der Waals surface area (Å²) < 4.78 is 0. The molecule has 0 aliphatic rings. The zero-order valence-electron chi connectivity index (χ0n) is 14.7. The molecule has 0 bridgehead atoms. The third-order valence-corrected chi connectivity index (χ3v) is 2.73. The van der Waals surface area contributed by atoms with Crippen molar-refractivity contribution in [3.05, 3.63) is 69.8 Å². The second-order valence-corrected chi connectivity index (χ2v) is 10.7. The van der Waals surface area contributed by atoms with Crippen LogP contribution < -0.4 is 0 Å². The molecule has 0 aliphatic carbocycles. The monoisotopic (exact) mass is 584 g/mol. The van der Waals surface area contributed by atoms with Gasteiger partial charge in [0.1, 0.15) is 0 Å². The summed E-state index contributed by atoms with van der Waals surface area (Å²) in [5, 5.41) is 0. The van der Waals surface area contributed by atoms with Crippen LogP contribution in [0.2, 0.25) is 0 Å². The van der Waals surface area contributed by atoms with Crippen molar-refractivity contribution >= 4 is 38.8 Å². The summed E-state index contributed by atoms with van der Waals surface area (Å²) in [5.41, 5.74) is 8.13. The molecule has 0 spiro atoms. The fourth-order valence-corrected chi connectivity index (χ4v) is 2.40. The molecule has 0 nitrogen and oxygen atoms in total. The molecule has 0 aromatic heterocycles. The maximum atomic E-state index is 4.85. The Hall–Kier alpha value is 0.847. The maximum absolute atomic E-state index is 4.85. The fraction of sp³-hybridized carbons (Fsp3) is 0.333. The quantitative estimate of drug-likeness (QED) is 0.276. The van der Waals surface area contributed by atoms with Crippen LogP contribution in [-0.4, -0.2) is 0 Å². The standard InChI is InChI=1S/2C9H12.4ClH.2Ru/c2*1-7-4-8(2)6-9(3)5-7;;;;;;/h2*4-6H,1-3H3;4*1H;;/q;;;;;;2*+4/p-4. The Labute approximate surface area is 179 Å². The number of rotatable bonds is 0. The molecule has 0 amide bonds. The van der Waals surface area contributed by atoms with Gasteiger partial charge < -0.3 is 0 Å². The van der Waals surface area contributed by atoms with E-state index < -0.39 is 0 Å². The summed E-state index contributed by atoms with van der Waals surface area (Å²) in [6.45, 7) is 12.8. The van der Waals surface area contributed by atoms with E-state index in [9.17, 15) is 0 Å². The van der Waals surface area contributed by atoms with Crippen LogP contribution in [0.4, 0.5) is 0 Å². The van der Waals surface area contributed by atoms with Crippen LogP contribution in [0.3, 0.4) is 0 Å². The van der Waals surface area contributed by atoms with Gasteiger partial charge in [0.25, 0.3) is 0 Å². The Balaban J connectivity index is 0. The van der Waals surface area contributed by atoms with Crippen molar-refractivity contribution in [2.24, 2.45) is 0 Å². The molecule has 0 saturated carbocycles. The molecule has 0 unspecified atom stereocenters. The minimum absolute atomic E-state index is 0.346. The SMILES string of the molecule is Cc1cc(C)cc(C)c1.Cc1cc(C)cc(C)c1.[Cl][Ru+2][Cl].[Cl][Ru+2][Cl]. The zero-order chi connectivity index (χ0) is 19.1. The van der Waals surface area contributed by atoms with Crippen LogP contribution in [0.15, 0.2) is 36.4 Å². The van der Waals surface area contributed by atoms with Gasteiger partial charge in [0, 0.05) is 0 Å². The molecule has 0 atom stereocenters. The Bertz CT molecular complexity index is 422. The molecule has 0 aliphatic heterocycles. The van der Waals surface area contributed by atoms with E-state index in [1.807, 2.05) is 0 Å². The Kier molecular flexibility index (Phi) is 19.5. The Morgan fingerprint density at radius 3 is 0.583 bits per heavy atom. The molecule has 0 heterocycles. The molecule has 2 aromatic carbocycles. The van der Waals surface area contributed by atoms with Crippen molar-refractivity contribution < 1.29 is 30.3 Å². The number of aryl methyl sites for hydroxylation is 6. The van der Waals surface area contributed by atoms with Gasteiger partial charge in [-0.3, -0.25) is 0 Å². The van der Waals surface area contributed by atoms with Crippen molar-refractivity contribution in [1.82, 2.24) is 0 Å². The summed E-state index contributed by atoms with van der Waals surface area (Å²) in [5.74, 6) is 0. The van der Waals surface area contributed by atoms with Crippen molar-refractivity contribution in [3.63, 3.8) is 0 Å². The molecule has 0 radical (unpaired) electrons. The summed E-state index contributed by atoms with van der Waals surface area (Å²) in [4.78, 5) is 0. The molecule has 0 N–H and O–H groups in total. The minimum atomic E-state index is -0.346. The predicted molar refractivity (Wildman–Crippen MR) is 105 cm³/mol.